The average Bonchev–Trinajstić information content (AvgIpc) is 2.68. The molecule has 0 spiro atoms. The Kier molecular flexibility index (Phi) is 7.46. The molecule has 6 nitrogen and oxygen atoms in total. The third-order valence-electron chi connectivity index (χ3n) is 5.36. The number of nitrogens with zero attached hydrogens (tertiary/aromatic N) is 2. The van der Waals surface area contributed by atoms with E-state index >= 15 is 0 Å². The number of halogens is 1. The molecular weight excluding hydrogens is 374 g/mol. The fourth-order valence-electron chi connectivity index (χ4n) is 3.80. The van der Waals surface area contributed by atoms with E-state index in [-0.39, 0.29) is 24.9 Å². The maximum atomic E-state index is 12.8. The molecule has 0 bridgehead atoms. The number of hydrogen-bond acceptors (Lipinski definition) is 4. The van der Waals surface area contributed by atoms with E-state index < -0.39 is 10.0 Å². The van der Waals surface area contributed by atoms with Crippen molar-refractivity contribution in [3.63, 3.8) is 0 Å². The summed E-state index contributed by atoms with van der Waals surface area (Å²) in [7, 11) is -3.50. The summed E-state index contributed by atoms with van der Waals surface area (Å²) in [5.74, 6) is 0.435. The monoisotopic (exact) mass is 401 g/mol. The number of piperazine rings is 1. The van der Waals surface area contributed by atoms with Crippen molar-refractivity contribution in [2.24, 2.45) is 5.73 Å². The van der Waals surface area contributed by atoms with E-state index in [0.29, 0.717) is 37.0 Å². The van der Waals surface area contributed by atoms with Crippen LogP contribution in [-0.2, 0) is 14.8 Å². The van der Waals surface area contributed by atoms with Crippen molar-refractivity contribution in [3.05, 3.63) is 29.8 Å². The molecule has 0 aromatic heterocycles. The van der Waals surface area contributed by atoms with Crippen molar-refractivity contribution in [2.75, 3.05) is 32.7 Å². The first-order valence-electron chi connectivity index (χ1n) is 9.10. The van der Waals surface area contributed by atoms with E-state index in [1.54, 1.807) is 17.0 Å². The number of nitrogens with two attached hydrogens (primary N) is 1. The first kappa shape index (κ1) is 21.2. The van der Waals surface area contributed by atoms with E-state index in [1.165, 1.54) is 42.0 Å². The van der Waals surface area contributed by atoms with Crippen LogP contribution in [0.2, 0.25) is 0 Å². The molecule has 1 aromatic rings. The van der Waals surface area contributed by atoms with E-state index in [1.807, 2.05) is 12.1 Å². The van der Waals surface area contributed by atoms with Crippen molar-refractivity contribution >= 4 is 28.3 Å². The molecule has 8 heteroatoms. The van der Waals surface area contributed by atoms with Crippen LogP contribution in [0.4, 0.5) is 0 Å². The predicted molar refractivity (Wildman–Crippen MR) is 104 cm³/mol. The molecular formula is C18H28ClN3O3S. The van der Waals surface area contributed by atoms with Crippen LogP contribution in [-0.4, -0.2) is 56.3 Å². The molecule has 1 saturated carbocycles. The molecule has 3 rings (SSSR count). The van der Waals surface area contributed by atoms with Crippen LogP contribution in [0.25, 0.3) is 0 Å². The number of benzene rings is 1. The fourth-order valence-corrected chi connectivity index (χ4v) is 5.23. The minimum absolute atomic E-state index is 0. The van der Waals surface area contributed by atoms with Crippen LogP contribution in [0.3, 0.4) is 0 Å². The molecule has 0 radical (unpaired) electrons. The quantitative estimate of drug-likeness (QED) is 0.835. The van der Waals surface area contributed by atoms with Crippen molar-refractivity contribution < 1.29 is 13.2 Å². The highest BCUT2D eigenvalue weighted by atomic mass is 35.5. The van der Waals surface area contributed by atoms with Gasteiger partial charge in [0.05, 0.1) is 11.4 Å². The lowest BCUT2D eigenvalue weighted by Crippen LogP contribution is -2.51. The lowest BCUT2D eigenvalue weighted by molar-refractivity contribution is -0.130. The Bertz CT molecular complexity index is 695. The van der Waals surface area contributed by atoms with E-state index in [0.717, 1.165) is 0 Å². The summed E-state index contributed by atoms with van der Waals surface area (Å²) in [6, 6.07) is 7.40. The van der Waals surface area contributed by atoms with Crippen molar-refractivity contribution in [3.8, 4) is 0 Å². The van der Waals surface area contributed by atoms with Gasteiger partial charge in [0.2, 0.25) is 15.9 Å². The molecule has 1 heterocycles. The summed E-state index contributed by atoms with van der Waals surface area (Å²) in [5.41, 5.74) is 6.61. The molecule has 1 aliphatic heterocycles. The molecule has 2 N–H and O–H groups in total. The minimum Gasteiger partial charge on any atom is -0.339 e. The minimum atomic E-state index is -3.50. The van der Waals surface area contributed by atoms with Gasteiger partial charge in [0.15, 0.2) is 0 Å². The molecule has 2 aliphatic rings. The largest absolute Gasteiger partial charge is 0.339 e. The zero-order chi connectivity index (χ0) is 17.9. The van der Waals surface area contributed by atoms with Crippen LogP contribution in [0.15, 0.2) is 29.2 Å². The van der Waals surface area contributed by atoms with Gasteiger partial charge in [-0.3, -0.25) is 4.79 Å². The maximum Gasteiger partial charge on any atom is 0.243 e. The number of carbonyl (C=O) groups excluding carboxylic acids is 1. The molecule has 26 heavy (non-hydrogen) atoms. The van der Waals surface area contributed by atoms with Crippen molar-refractivity contribution in [1.82, 2.24) is 9.21 Å². The van der Waals surface area contributed by atoms with Crippen LogP contribution in [0.1, 0.15) is 43.6 Å². The highest BCUT2D eigenvalue weighted by Crippen LogP contribution is 2.33. The number of amides is 1. The second-order valence-electron chi connectivity index (χ2n) is 6.89. The summed E-state index contributed by atoms with van der Waals surface area (Å²) in [5, 5.41) is 0. The smallest absolute Gasteiger partial charge is 0.243 e. The van der Waals surface area contributed by atoms with Gasteiger partial charge in [-0.1, -0.05) is 31.4 Å². The van der Waals surface area contributed by atoms with Gasteiger partial charge < -0.3 is 10.6 Å². The summed E-state index contributed by atoms with van der Waals surface area (Å²) in [6.45, 7) is 1.40. The second-order valence-corrected chi connectivity index (χ2v) is 8.83. The van der Waals surface area contributed by atoms with Gasteiger partial charge in [-0.15, -0.1) is 12.4 Å². The molecule has 146 valence electrons. The second kappa shape index (κ2) is 9.17. The average molecular weight is 402 g/mol. The molecule has 2 fully saturated rings. The predicted octanol–water partition coefficient (Wildman–Crippen LogP) is 1.95. The van der Waals surface area contributed by atoms with Crippen LogP contribution in [0.5, 0.6) is 0 Å². The molecule has 1 aliphatic carbocycles. The zero-order valence-electron chi connectivity index (χ0n) is 15.0. The number of sulfonamides is 1. The van der Waals surface area contributed by atoms with E-state index in [4.69, 9.17) is 5.73 Å². The Hall–Kier alpha value is -1.15. The Balaban J connectivity index is 0.00000243. The first-order valence-corrected chi connectivity index (χ1v) is 10.5. The Morgan fingerprint density at radius 2 is 1.58 bits per heavy atom. The SMILES string of the molecule is Cl.NCC(=O)N1CCN(S(=O)(=O)c2ccc(C3CCCCC3)cc2)CC1. The third-order valence-corrected chi connectivity index (χ3v) is 7.27. The standard InChI is InChI=1S/C18H27N3O3S.ClH/c19-14-18(22)20-10-12-21(13-11-20)25(23,24)17-8-6-16(7-9-17)15-4-2-1-3-5-15;/h6-9,15H,1-5,10-14,19H2;1H. The Labute approximate surface area is 162 Å². The van der Waals surface area contributed by atoms with Crippen molar-refractivity contribution in [2.45, 2.75) is 42.9 Å². The van der Waals surface area contributed by atoms with Crippen molar-refractivity contribution in [1.29, 1.82) is 0 Å². The molecule has 0 atom stereocenters. The summed E-state index contributed by atoms with van der Waals surface area (Å²) < 4.78 is 27.1. The molecule has 0 unspecified atom stereocenters. The van der Waals surface area contributed by atoms with Gasteiger partial charge >= 0.3 is 0 Å². The summed E-state index contributed by atoms with van der Waals surface area (Å²) in [4.78, 5) is 13.6. The first-order chi connectivity index (χ1) is 12.0. The highest BCUT2D eigenvalue weighted by molar-refractivity contribution is 7.89. The zero-order valence-corrected chi connectivity index (χ0v) is 16.6. The topological polar surface area (TPSA) is 83.7 Å². The van der Waals surface area contributed by atoms with Gasteiger partial charge in [-0.2, -0.15) is 4.31 Å². The van der Waals surface area contributed by atoms with Gasteiger partial charge in [0.1, 0.15) is 0 Å². The lowest BCUT2D eigenvalue weighted by atomic mass is 9.84. The normalized spacial score (nSPS) is 19.8. The van der Waals surface area contributed by atoms with Crippen LogP contribution >= 0.6 is 12.4 Å². The van der Waals surface area contributed by atoms with Crippen LogP contribution in [0, 0.1) is 0 Å². The molecule has 1 aromatic carbocycles. The fraction of sp³-hybridized carbons (Fsp3) is 0.611. The lowest BCUT2D eigenvalue weighted by Gasteiger charge is -2.33. The summed E-state index contributed by atoms with van der Waals surface area (Å²) in [6.07, 6.45) is 6.22. The molecule has 1 amide bonds. The van der Waals surface area contributed by atoms with Gasteiger partial charge in [-0.25, -0.2) is 8.42 Å². The highest BCUT2D eigenvalue weighted by Gasteiger charge is 2.29. The number of hydrogen-bond donors (Lipinski definition) is 1. The number of rotatable bonds is 4. The third kappa shape index (κ3) is 4.57. The maximum absolute atomic E-state index is 12.8. The van der Waals surface area contributed by atoms with E-state index in [9.17, 15) is 13.2 Å². The Morgan fingerprint density at radius 1 is 1.00 bits per heavy atom. The van der Waals surface area contributed by atoms with E-state index in [2.05, 4.69) is 0 Å². The Morgan fingerprint density at radius 3 is 2.12 bits per heavy atom. The van der Waals surface area contributed by atoms with Gasteiger partial charge in [-0.05, 0) is 36.5 Å². The number of carbonyl (C=O) groups is 1. The van der Waals surface area contributed by atoms with Gasteiger partial charge in [0.25, 0.3) is 0 Å². The molecule has 1 saturated heterocycles. The van der Waals surface area contributed by atoms with Gasteiger partial charge in [0, 0.05) is 26.2 Å². The summed E-state index contributed by atoms with van der Waals surface area (Å²) >= 11 is 0. The van der Waals surface area contributed by atoms with Crippen LogP contribution < -0.4 is 5.73 Å².